The van der Waals surface area contributed by atoms with E-state index in [1.54, 1.807) is 4.90 Å². The number of halogens is 2. The maximum absolute atomic E-state index is 13.9. The predicted octanol–water partition coefficient (Wildman–Crippen LogP) is 2.35. The Kier molecular flexibility index (Phi) is 6.20. The quantitative estimate of drug-likeness (QED) is 0.731. The molecule has 3 heterocycles. The first-order chi connectivity index (χ1) is 15.7. The van der Waals surface area contributed by atoms with Gasteiger partial charge in [0.1, 0.15) is 17.2 Å². The van der Waals surface area contributed by atoms with Gasteiger partial charge < -0.3 is 24.6 Å². The molecule has 1 aromatic heterocycles. The fraction of sp³-hybridized carbons (Fsp3) is 0.435. The summed E-state index contributed by atoms with van der Waals surface area (Å²) >= 11 is 0. The number of hydrogen-bond acceptors (Lipinski definition) is 5. The lowest BCUT2D eigenvalue weighted by Gasteiger charge is -2.44. The summed E-state index contributed by atoms with van der Waals surface area (Å²) in [6, 6.07) is 2.15. The third kappa shape index (κ3) is 4.10. The van der Waals surface area contributed by atoms with Crippen LogP contribution < -0.4 is 10.7 Å². The lowest BCUT2D eigenvalue weighted by molar-refractivity contribution is 0.0276. The molecule has 2 amide bonds. The van der Waals surface area contributed by atoms with Crippen molar-refractivity contribution in [2.45, 2.75) is 51.4 Å². The number of nitrogens with zero attached hydrogens (tertiary/aromatic N) is 2. The number of aromatic nitrogens is 1. The number of rotatable bonds is 3. The third-order valence-electron chi connectivity index (χ3n) is 6.32. The van der Waals surface area contributed by atoms with Gasteiger partial charge in [-0.05, 0) is 32.8 Å². The van der Waals surface area contributed by atoms with Crippen LogP contribution in [0.5, 0.6) is 5.75 Å². The highest BCUT2D eigenvalue weighted by Gasteiger charge is 2.42. The summed E-state index contributed by atoms with van der Waals surface area (Å²) in [5, 5.41) is 13.1. The number of benzene rings is 1. The van der Waals surface area contributed by atoms with Gasteiger partial charge in [-0.3, -0.25) is 14.4 Å². The molecule has 4 rings (SSSR count). The number of ether oxygens (including phenoxy) is 1. The number of pyridine rings is 1. The van der Waals surface area contributed by atoms with E-state index in [2.05, 4.69) is 5.32 Å². The molecule has 0 unspecified atom stereocenters. The number of fused-ring (bicyclic) bond motifs is 4. The molecule has 0 radical (unpaired) electrons. The van der Waals surface area contributed by atoms with Gasteiger partial charge in [-0.25, -0.2) is 8.78 Å². The van der Waals surface area contributed by atoms with E-state index < -0.39 is 34.6 Å². The number of carbonyl (C=O) groups excluding carboxylic acids is 2. The Balaban J connectivity index is 1.71. The summed E-state index contributed by atoms with van der Waals surface area (Å²) in [5.41, 5.74) is -1.47. The lowest BCUT2D eigenvalue weighted by Crippen LogP contribution is -2.54. The van der Waals surface area contributed by atoms with E-state index in [4.69, 9.17) is 4.74 Å². The van der Waals surface area contributed by atoms with Crippen LogP contribution in [0.3, 0.4) is 0 Å². The summed E-state index contributed by atoms with van der Waals surface area (Å²) in [4.78, 5) is 40.4. The number of amides is 2. The zero-order valence-electron chi connectivity index (χ0n) is 18.3. The third-order valence-corrected chi connectivity index (χ3v) is 6.32. The summed E-state index contributed by atoms with van der Waals surface area (Å²) in [5.74, 6) is -3.72. The van der Waals surface area contributed by atoms with Crippen LogP contribution >= 0.6 is 0 Å². The van der Waals surface area contributed by atoms with Crippen molar-refractivity contribution in [3.05, 3.63) is 63.1 Å². The van der Waals surface area contributed by atoms with E-state index in [1.807, 2.05) is 13.8 Å². The van der Waals surface area contributed by atoms with Crippen molar-refractivity contribution in [2.24, 2.45) is 0 Å². The van der Waals surface area contributed by atoms with E-state index in [9.17, 15) is 28.3 Å². The van der Waals surface area contributed by atoms with E-state index in [-0.39, 0.29) is 41.5 Å². The van der Waals surface area contributed by atoms with Crippen molar-refractivity contribution in [2.75, 3.05) is 13.2 Å². The van der Waals surface area contributed by atoms with Crippen molar-refractivity contribution in [3.63, 3.8) is 0 Å². The fourth-order valence-electron chi connectivity index (χ4n) is 4.63. The molecule has 1 saturated heterocycles. The second kappa shape index (κ2) is 8.93. The van der Waals surface area contributed by atoms with E-state index in [1.165, 1.54) is 16.8 Å². The Hall–Kier alpha value is -3.27. The lowest BCUT2D eigenvalue weighted by atomic mass is 9.96. The molecule has 176 valence electrons. The number of aromatic hydroxyl groups is 1. The summed E-state index contributed by atoms with van der Waals surface area (Å²) < 4.78 is 34.1. The Labute approximate surface area is 188 Å². The average Bonchev–Trinajstić information content (AvgIpc) is 2.81. The molecule has 2 bridgehead atoms. The molecule has 2 N–H and O–H groups in total. The van der Waals surface area contributed by atoms with Gasteiger partial charge in [-0.2, -0.15) is 0 Å². The second-order valence-corrected chi connectivity index (χ2v) is 8.48. The van der Waals surface area contributed by atoms with Crippen LogP contribution in [0.2, 0.25) is 0 Å². The van der Waals surface area contributed by atoms with Crippen LogP contribution in [0.4, 0.5) is 8.78 Å². The van der Waals surface area contributed by atoms with Crippen LogP contribution in [-0.2, 0) is 11.3 Å². The molecule has 3 atom stereocenters. The molecular formula is C23H25F2N3O5. The smallest absolute Gasteiger partial charge is 0.275 e. The maximum atomic E-state index is 13.9. The van der Waals surface area contributed by atoms with Crippen LogP contribution in [0.15, 0.2) is 29.2 Å². The first-order valence-electron chi connectivity index (χ1n) is 10.8. The van der Waals surface area contributed by atoms with Gasteiger partial charge in [0.2, 0.25) is 5.43 Å². The van der Waals surface area contributed by atoms with Gasteiger partial charge in [0.15, 0.2) is 11.4 Å². The topological polar surface area (TPSA) is 101 Å². The van der Waals surface area contributed by atoms with E-state index >= 15 is 0 Å². The van der Waals surface area contributed by atoms with Crippen molar-refractivity contribution < 1.29 is 28.2 Å². The number of nitrogens with one attached hydrogen (secondary N) is 1. The Morgan fingerprint density at radius 3 is 2.76 bits per heavy atom. The van der Waals surface area contributed by atoms with Gasteiger partial charge in [0.05, 0.1) is 24.7 Å². The van der Waals surface area contributed by atoms with Gasteiger partial charge in [-0.15, -0.1) is 0 Å². The minimum absolute atomic E-state index is 0.0386. The highest BCUT2D eigenvalue weighted by atomic mass is 19.1. The maximum Gasteiger partial charge on any atom is 0.275 e. The molecule has 0 saturated carbocycles. The zero-order valence-corrected chi connectivity index (χ0v) is 18.3. The summed E-state index contributed by atoms with van der Waals surface area (Å²) in [6.45, 7) is 4.30. The number of carbonyl (C=O) groups is 2. The van der Waals surface area contributed by atoms with Crippen molar-refractivity contribution in [1.82, 2.24) is 14.8 Å². The van der Waals surface area contributed by atoms with Crippen LogP contribution in [0, 0.1) is 11.6 Å². The SMILES string of the molecule is C[C@@H]1COCCC[C@H]2[C@H](C)N1C(=O)c1c(O)c(=O)c(C(=O)NCc3ccc(F)cc3F)cn12. The number of hydrogen-bond donors (Lipinski definition) is 2. The van der Waals surface area contributed by atoms with Gasteiger partial charge in [0, 0.05) is 31.0 Å². The first-order valence-corrected chi connectivity index (χ1v) is 10.8. The molecule has 0 spiro atoms. The van der Waals surface area contributed by atoms with E-state index in [0.29, 0.717) is 32.1 Å². The molecule has 1 fully saturated rings. The van der Waals surface area contributed by atoms with Crippen molar-refractivity contribution in [3.8, 4) is 5.75 Å². The average molecular weight is 461 g/mol. The van der Waals surface area contributed by atoms with Gasteiger partial charge >= 0.3 is 0 Å². The molecule has 2 aliphatic heterocycles. The highest BCUT2D eigenvalue weighted by molar-refractivity contribution is 5.99. The van der Waals surface area contributed by atoms with Crippen molar-refractivity contribution in [1.29, 1.82) is 0 Å². The summed E-state index contributed by atoms with van der Waals surface area (Å²) in [7, 11) is 0. The molecule has 33 heavy (non-hydrogen) atoms. The Morgan fingerprint density at radius 1 is 1.27 bits per heavy atom. The molecule has 8 nitrogen and oxygen atoms in total. The highest BCUT2D eigenvalue weighted by Crippen LogP contribution is 2.35. The Morgan fingerprint density at radius 2 is 2.03 bits per heavy atom. The van der Waals surface area contributed by atoms with Crippen LogP contribution in [0.25, 0.3) is 0 Å². The normalized spacial score (nSPS) is 22.7. The standard InChI is InChI=1S/C23H25F2N3O5/c1-12-11-33-7-3-4-18-13(2)28(12)23(32)19-21(30)20(29)16(10-27(18)19)22(31)26-9-14-5-6-15(24)8-17(14)25/h5-6,8,10,12-13,18,30H,3-4,7,9,11H2,1-2H3,(H,26,31)/t12-,13+,18+/m1/s1. The molecule has 2 aliphatic rings. The Bertz CT molecular complexity index is 1170. The largest absolute Gasteiger partial charge is 0.503 e. The summed E-state index contributed by atoms with van der Waals surface area (Å²) in [6.07, 6.45) is 2.59. The first kappa shape index (κ1) is 22.9. The molecule has 10 heteroatoms. The second-order valence-electron chi connectivity index (χ2n) is 8.48. The molecule has 2 aromatic rings. The minimum atomic E-state index is -0.987. The monoisotopic (exact) mass is 461 g/mol. The van der Waals surface area contributed by atoms with Gasteiger partial charge in [0.25, 0.3) is 11.8 Å². The predicted molar refractivity (Wildman–Crippen MR) is 114 cm³/mol. The van der Waals surface area contributed by atoms with E-state index in [0.717, 1.165) is 6.07 Å². The molecular weight excluding hydrogens is 436 g/mol. The molecule has 1 aromatic carbocycles. The fourth-order valence-corrected chi connectivity index (χ4v) is 4.63. The minimum Gasteiger partial charge on any atom is -0.503 e. The van der Waals surface area contributed by atoms with Crippen molar-refractivity contribution >= 4 is 11.8 Å². The van der Waals surface area contributed by atoms with Crippen LogP contribution in [-0.4, -0.2) is 51.7 Å². The van der Waals surface area contributed by atoms with Gasteiger partial charge in [-0.1, -0.05) is 6.07 Å². The zero-order chi connectivity index (χ0) is 23.9. The molecule has 0 aliphatic carbocycles. The van der Waals surface area contributed by atoms with Crippen LogP contribution in [0.1, 0.15) is 59.1 Å².